The number of hydrogen-bond donors (Lipinski definition) is 1. The van der Waals surface area contributed by atoms with E-state index >= 15 is 0 Å². The second kappa shape index (κ2) is 9.37. The highest BCUT2D eigenvalue weighted by atomic mass is 16.5. The van der Waals surface area contributed by atoms with E-state index in [9.17, 15) is 9.59 Å². The lowest BCUT2D eigenvalue weighted by Gasteiger charge is -2.34. The van der Waals surface area contributed by atoms with Gasteiger partial charge in [-0.1, -0.05) is 30.3 Å². The molecule has 0 radical (unpaired) electrons. The van der Waals surface area contributed by atoms with Gasteiger partial charge in [0, 0.05) is 38.3 Å². The fraction of sp³-hybridized carbons (Fsp3) is 0.364. The molecule has 0 atom stereocenters. The summed E-state index contributed by atoms with van der Waals surface area (Å²) in [6.07, 6.45) is 0. The van der Waals surface area contributed by atoms with E-state index in [4.69, 9.17) is 4.74 Å². The van der Waals surface area contributed by atoms with Gasteiger partial charge in [0.15, 0.2) is 0 Å². The average Bonchev–Trinajstić information content (AvgIpc) is 2.73. The van der Waals surface area contributed by atoms with E-state index in [0.717, 1.165) is 5.56 Å². The lowest BCUT2D eigenvalue weighted by molar-refractivity contribution is -0.122. The van der Waals surface area contributed by atoms with Crippen molar-refractivity contribution in [3.8, 4) is 5.75 Å². The molecule has 0 unspecified atom stereocenters. The normalized spacial score (nSPS) is 14.6. The molecule has 2 amide bonds. The number of piperazine rings is 1. The molecule has 1 heterocycles. The summed E-state index contributed by atoms with van der Waals surface area (Å²) < 4.78 is 5.19. The summed E-state index contributed by atoms with van der Waals surface area (Å²) in [5, 5.41) is 2.98. The minimum atomic E-state index is 0.00237. The molecule has 0 bridgehead atoms. The molecule has 1 N–H and O–H groups in total. The number of methoxy groups -OCH3 is 1. The van der Waals surface area contributed by atoms with Crippen molar-refractivity contribution in [2.24, 2.45) is 0 Å². The standard InChI is InChI=1S/C22H27N3O3/c1-17-6-3-4-7-19(17)15-23-21(26)16-24-10-12-25(13-11-24)22(27)18-8-5-9-20(14-18)28-2/h3-9,14H,10-13,15-16H2,1-2H3,(H,23,26). The van der Waals surface area contributed by atoms with Gasteiger partial charge in [0.2, 0.25) is 5.91 Å². The summed E-state index contributed by atoms with van der Waals surface area (Å²) >= 11 is 0. The zero-order valence-electron chi connectivity index (χ0n) is 16.5. The van der Waals surface area contributed by atoms with E-state index in [0.29, 0.717) is 50.6 Å². The van der Waals surface area contributed by atoms with E-state index in [1.165, 1.54) is 5.56 Å². The van der Waals surface area contributed by atoms with Crippen LogP contribution in [0.25, 0.3) is 0 Å². The topological polar surface area (TPSA) is 61.9 Å². The number of carbonyl (C=O) groups excluding carboxylic acids is 2. The van der Waals surface area contributed by atoms with Gasteiger partial charge < -0.3 is 15.0 Å². The van der Waals surface area contributed by atoms with Crippen LogP contribution in [0.15, 0.2) is 48.5 Å². The maximum Gasteiger partial charge on any atom is 0.254 e. The van der Waals surface area contributed by atoms with Gasteiger partial charge in [-0.3, -0.25) is 14.5 Å². The lowest BCUT2D eigenvalue weighted by Crippen LogP contribution is -2.51. The Labute approximate surface area is 166 Å². The Morgan fingerprint density at radius 3 is 2.50 bits per heavy atom. The fourth-order valence-electron chi connectivity index (χ4n) is 3.31. The number of nitrogens with one attached hydrogen (secondary N) is 1. The number of benzene rings is 2. The third-order valence-electron chi connectivity index (χ3n) is 5.08. The van der Waals surface area contributed by atoms with E-state index in [1.807, 2.05) is 48.2 Å². The third-order valence-corrected chi connectivity index (χ3v) is 5.08. The largest absolute Gasteiger partial charge is 0.497 e. The molecule has 6 heteroatoms. The highest BCUT2D eigenvalue weighted by Gasteiger charge is 2.23. The van der Waals surface area contributed by atoms with E-state index in [1.54, 1.807) is 19.2 Å². The summed E-state index contributed by atoms with van der Waals surface area (Å²) in [5.41, 5.74) is 2.93. The van der Waals surface area contributed by atoms with Crippen molar-refractivity contribution in [3.63, 3.8) is 0 Å². The summed E-state index contributed by atoms with van der Waals surface area (Å²) in [6.45, 7) is 5.54. The lowest BCUT2D eigenvalue weighted by atomic mass is 10.1. The Hall–Kier alpha value is -2.86. The van der Waals surface area contributed by atoms with Gasteiger partial charge in [0.1, 0.15) is 5.75 Å². The van der Waals surface area contributed by atoms with Crippen LogP contribution in [-0.2, 0) is 11.3 Å². The Balaban J connectivity index is 1.45. The SMILES string of the molecule is COc1cccc(C(=O)N2CCN(CC(=O)NCc3ccccc3C)CC2)c1. The van der Waals surface area contributed by atoms with Crippen LogP contribution in [0, 0.1) is 6.92 Å². The van der Waals surface area contributed by atoms with Gasteiger partial charge in [0.05, 0.1) is 13.7 Å². The molecule has 0 spiro atoms. The first kappa shape index (κ1) is 19.9. The molecule has 0 saturated carbocycles. The van der Waals surface area contributed by atoms with Gasteiger partial charge in [-0.2, -0.15) is 0 Å². The predicted molar refractivity (Wildman–Crippen MR) is 108 cm³/mol. The molecule has 0 aliphatic carbocycles. The van der Waals surface area contributed by atoms with Gasteiger partial charge >= 0.3 is 0 Å². The highest BCUT2D eigenvalue weighted by Crippen LogP contribution is 2.15. The molecular formula is C22H27N3O3. The number of aryl methyl sites for hydroxylation is 1. The summed E-state index contributed by atoms with van der Waals surface area (Å²) in [6, 6.07) is 15.2. The second-order valence-corrected chi connectivity index (χ2v) is 7.00. The van der Waals surface area contributed by atoms with Crippen LogP contribution >= 0.6 is 0 Å². The predicted octanol–water partition coefficient (Wildman–Crippen LogP) is 2.08. The number of hydrogen-bond acceptors (Lipinski definition) is 4. The van der Waals surface area contributed by atoms with Crippen molar-refractivity contribution in [2.75, 3.05) is 39.8 Å². The quantitative estimate of drug-likeness (QED) is 0.832. The Kier molecular flexibility index (Phi) is 6.66. The molecule has 148 valence electrons. The molecular weight excluding hydrogens is 354 g/mol. The molecule has 1 aliphatic rings. The molecule has 3 rings (SSSR count). The Bertz CT molecular complexity index is 829. The van der Waals surface area contributed by atoms with Crippen LogP contribution in [0.3, 0.4) is 0 Å². The van der Waals surface area contributed by atoms with Crippen LogP contribution in [0.1, 0.15) is 21.5 Å². The number of ether oxygens (including phenoxy) is 1. The molecule has 6 nitrogen and oxygen atoms in total. The van der Waals surface area contributed by atoms with E-state index in [-0.39, 0.29) is 11.8 Å². The molecule has 28 heavy (non-hydrogen) atoms. The van der Waals surface area contributed by atoms with E-state index in [2.05, 4.69) is 10.2 Å². The number of nitrogens with zero attached hydrogens (tertiary/aromatic N) is 2. The van der Waals surface area contributed by atoms with Crippen molar-refractivity contribution in [1.82, 2.24) is 15.1 Å². The first-order valence-corrected chi connectivity index (χ1v) is 9.53. The highest BCUT2D eigenvalue weighted by molar-refractivity contribution is 5.94. The van der Waals surface area contributed by atoms with Gasteiger partial charge in [-0.05, 0) is 36.2 Å². The molecule has 1 fully saturated rings. The molecule has 1 saturated heterocycles. The number of rotatable bonds is 6. The summed E-state index contributed by atoms with van der Waals surface area (Å²) in [7, 11) is 1.59. The van der Waals surface area contributed by atoms with Crippen molar-refractivity contribution >= 4 is 11.8 Å². The Morgan fingerprint density at radius 1 is 1.04 bits per heavy atom. The van der Waals surface area contributed by atoms with Crippen molar-refractivity contribution in [2.45, 2.75) is 13.5 Å². The van der Waals surface area contributed by atoms with Crippen LogP contribution in [0.4, 0.5) is 0 Å². The van der Waals surface area contributed by atoms with Crippen LogP contribution in [-0.4, -0.2) is 61.4 Å². The van der Waals surface area contributed by atoms with Gasteiger partial charge in [-0.25, -0.2) is 0 Å². The first-order chi connectivity index (χ1) is 13.6. The third kappa shape index (κ3) is 5.10. The zero-order valence-corrected chi connectivity index (χ0v) is 16.5. The maximum absolute atomic E-state index is 12.7. The second-order valence-electron chi connectivity index (χ2n) is 7.00. The molecule has 1 aliphatic heterocycles. The summed E-state index contributed by atoms with van der Waals surface area (Å²) in [5.74, 6) is 0.688. The maximum atomic E-state index is 12.7. The fourth-order valence-corrected chi connectivity index (χ4v) is 3.31. The molecule has 2 aromatic carbocycles. The minimum absolute atomic E-state index is 0.00237. The molecule has 0 aromatic heterocycles. The number of amides is 2. The van der Waals surface area contributed by atoms with Crippen molar-refractivity contribution in [3.05, 3.63) is 65.2 Å². The van der Waals surface area contributed by atoms with Crippen LogP contribution < -0.4 is 10.1 Å². The Morgan fingerprint density at radius 2 is 1.79 bits per heavy atom. The van der Waals surface area contributed by atoms with E-state index < -0.39 is 0 Å². The van der Waals surface area contributed by atoms with Crippen molar-refractivity contribution < 1.29 is 14.3 Å². The number of carbonyl (C=O) groups is 2. The monoisotopic (exact) mass is 381 g/mol. The smallest absolute Gasteiger partial charge is 0.254 e. The van der Waals surface area contributed by atoms with Gasteiger partial charge in [0.25, 0.3) is 5.91 Å². The van der Waals surface area contributed by atoms with Crippen LogP contribution in [0.2, 0.25) is 0 Å². The zero-order chi connectivity index (χ0) is 19.9. The first-order valence-electron chi connectivity index (χ1n) is 9.53. The average molecular weight is 381 g/mol. The van der Waals surface area contributed by atoms with Crippen LogP contribution in [0.5, 0.6) is 5.75 Å². The summed E-state index contributed by atoms with van der Waals surface area (Å²) in [4.78, 5) is 28.8. The van der Waals surface area contributed by atoms with Crippen molar-refractivity contribution in [1.29, 1.82) is 0 Å². The molecule has 2 aromatic rings. The van der Waals surface area contributed by atoms with Gasteiger partial charge in [-0.15, -0.1) is 0 Å². The minimum Gasteiger partial charge on any atom is -0.497 e.